The normalized spacial score (nSPS) is 53.5. The number of alkyl halides is 9. The fraction of sp³-hybridized carbons (Fsp3) is 1.00. The molecule has 0 saturated heterocycles. The van der Waals surface area contributed by atoms with Crippen molar-refractivity contribution in [3.63, 3.8) is 0 Å². The first-order valence-electron chi connectivity index (χ1n) is 5.39. The monoisotopic (exact) mass is 444 g/mol. The third-order valence-electron chi connectivity index (χ3n) is 4.53. The van der Waals surface area contributed by atoms with Gasteiger partial charge in [0.25, 0.3) is 0 Å². The van der Waals surface area contributed by atoms with E-state index in [1.807, 2.05) is 0 Å². The highest BCUT2D eigenvalue weighted by atomic mass is 35.5. The summed E-state index contributed by atoms with van der Waals surface area (Å²) in [6.07, 6.45) is 0. The number of hydrogen-bond acceptors (Lipinski definition) is 0. The van der Waals surface area contributed by atoms with Crippen molar-refractivity contribution in [1.82, 2.24) is 0 Å². The molecule has 0 aromatic rings. The van der Waals surface area contributed by atoms with Crippen molar-refractivity contribution in [3.8, 4) is 0 Å². The molecule has 0 aliphatic heterocycles. The van der Waals surface area contributed by atoms with E-state index in [0.29, 0.717) is 0 Å². The molecule has 2 rings (SSSR count). The van der Waals surface area contributed by atoms with E-state index in [1.165, 1.54) is 0 Å². The van der Waals surface area contributed by atoms with Crippen LogP contribution in [0.15, 0.2) is 0 Å². The zero-order valence-electron chi connectivity index (χ0n) is 9.15. The Morgan fingerprint density at radius 3 is 1.42 bits per heavy atom. The van der Waals surface area contributed by atoms with Gasteiger partial charge in [0.15, 0.2) is 0 Å². The number of halogens is 9. The van der Waals surface area contributed by atoms with Gasteiger partial charge in [-0.25, -0.2) is 0 Å². The Bertz CT molecular complexity index is 343. The summed E-state index contributed by atoms with van der Waals surface area (Å²) in [5.74, 6) is -0.289. The fourth-order valence-corrected chi connectivity index (χ4v) is 8.95. The summed E-state index contributed by atoms with van der Waals surface area (Å²) >= 11 is 56.7. The molecule has 2 aliphatic rings. The Kier molecular flexibility index (Phi) is 5.59. The van der Waals surface area contributed by atoms with E-state index in [2.05, 4.69) is 0 Å². The maximum Gasteiger partial charge on any atom is 0.117 e. The molecule has 0 spiro atoms. The quantitative estimate of drug-likeness (QED) is 0.474. The van der Waals surface area contributed by atoms with Crippen molar-refractivity contribution in [2.75, 3.05) is 5.88 Å². The van der Waals surface area contributed by atoms with Gasteiger partial charge in [0.05, 0.1) is 21.5 Å². The first kappa shape index (κ1) is 18.0. The minimum absolute atomic E-state index is 0.0736. The second-order valence-electron chi connectivity index (χ2n) is 4.93. The van der Waals surface area contributed by atoms with Crippen LogP contribution >= 0.6 is 104 Å². The van der Waals surface area contributed by atoms with Crippen molar-refractivity contribution < 1.29 is 0 Å². The van der Waals surface area contributed by atoms with E-state index in [4.69, 9.17) is 104 Å². The molecule has 0 amide bonds. The fourth-order valence-electron chi connectivity index (χ4n) is 3.63. The molecule has 0 radical (unpaired) electrons. The molecule has 0 N–H and O–H groups in total. The lowest BCUT2D eigenvalue weighted by atomic mass is 9.69. The molecule has 2 saturated carbocycles. The van der Waals surface area contributed by atoms with Crippen LogP contribution in [0.4, 0.5) is 0 Å². The van der Waals surface area contributed by atoms with Gasteiger partial charge in [-0.1, -0.05) is 0 Å². The molecule has 0 aromatic carbocycles. The molecule has 2 fully saturated rings. The number of fused-ring (bicyclic) bond motifs is 2. The highest BCUT2D eigenvalue weighted by Crippen LogP contribution is 2.76. The van der Waals surface area contributed by atoms with Gasteiger partial charge in [0.2, 0.25) is 0 Å². The van der Waals surface area contributed by atoms with E-state index in [9.17, 15) is 0 Å². The van der Waals surface area contributed by atoms with Crippen LogP contribution in [0.5, 0.6) is 0 Å². The molecule has 0 aromatic heterocycles. The van der Waals surface area contributed by atoms with Crippen molar-refractivity contribution in [3.05, 3.63) is 0 Å². The van der Waals surface area contributed by atoms with Crippen molar-refractivity contribution >= 4 is 104 Å². The van der Waals surface area contributed by atoms with Crippen LogP contribution in [0.25, 0.3) is 0 Å². The molecular formula is C10H9Cl9. The summed E-state index contributed by atoms with van der Waals surface area (Å²) in [7, 11) is 0. The lowest BCUT2D eigenvalue weighted by molar-refractivity contribution is 0.147. The van der Waals surface area contributed by atoms with Gasteiger partial charge >= 0.3 is 0 Å². The predicted octanol–water partition coefficient (Wildman–Crippen LogP) is 5.88. The second-order valence-corrected chi connectivity index (χ2v) is 9.33. The van der Waals surface area contributed by atoms with Gasteiger partial charge in [-0.3, -0.25) is 0 Å². The Hall–Kier alpha value is 2.61. The summed E-state index contributed by atoms with van der Waals surface area (Å²) in [6, 6.07) is 0. The van der Waals surface area contributed by atoms with Crippen molar-refractivity contribution in [2.45, 2.75) is 31.2 Å². The first-order valence-corrected chi connectivity index (χ1v) is 9.42. The summed E-state index contributed by atoms with van der Waals surface area (Å²) in [5, 5.41) is -2.23. The molecule has 19 heavy (non-hydrogen) atoms. The van der Waals surface area contributed by atoms with Crippen molar-refractivity contribution in [1.29, 1.82) is 0 Å². The Morgan fingerprint density at radius 2 is 1.21 bits per heavy atom. The van der Waals surface area contributed by atoms with E-state index in [0.717, 1.165) is 0 Å². The molecule has 0 nitrogen and oxygen atoms in total. The van der Waals surface area contributed by atoms with Crippen LogP contribution in [-0.2, 0) is 0 Å². The zero-order chi connectivity index (χ0) is 14.7. The maximum atomic E-state index is 6.46. The van der Waals surface area contributed by atoms with E-state index >= 15 is 0 Å². The molecule has 0 unspecified atom stereocenters. The lowest BCUT2D eigenvalue weighted by Gasteiger charge is -2.47. The van der Waals surface area contributed by atoms with Gasteiger partial charge in [-0.2, -0.15) is 0 Å². The van der Waals surface area contributed by atoms with Gasteiger partial charge in [-0.05, 0) is 0 Å². The minimum Gasteiger partial charge on any atom is -0.126 e. The Morgan fingerprint density at radius 1 is 0.789 bits per heavy atom. The molecule has 9 heteroatoms. The summed E-state index contributed by atoms with van der Waals surface area (Å²) < 4.78 is 0. The third kappa shape index (κ3) is 1.94. The van der Waals surface area contributed by atoms with E-state index in [1.54, 1.807) is 0 Å². The molecule has 2 bridgehead atoms. The number of hydrogen-bond donors (Lipinski definition) is 0. The topological polar surface area (TPSA) is 0 Å². The molecule has 0 heterocycles. The number of rotatable bonds is 3. The zero-order valence-corrected chi connectivity index (χ0v) is 16.0. The van der Waals surface area contributed by atoms with Gasteiger partial charge in [-0.15, -0.1) is 104 Å². The third-order valence-corrected chi connectivity index (χ3v) is 9.04. The van der Waals surface area contributed by atoms with Crippen LogP contribution in [0.1, 0.15) is 0 Å². The lowest BCUT2D eigenvalue weighted by Crippen LogP contribution is -2.55. The Balaban J connectivity index is 2.72. The molecule has 112 valence electrons. The van der Waals surface area contributed by atoms with Gasteiger partial charge in [0.1, 0.15) is 9.67 Å². The summed E-state index contributed by atoms with van der Waals surface area (Å²) in [4.78, 5) is -1.82. The van der Waals surface area contributed by atoms with Crippen LogP contribution < -0.4 is 0 Å². The standard InChI is InChI=1S/C10H9Cl9/c11-1-9(7(16)17)2-3(12)5(14)10(9,8(18)19)6(15)4(2)13/h2-8H,1H2/t2?,3-,4-,5+,6+,9-,10?/m0/s1. The van der Waals surface area contributed by atoms with Gasteiger partial charge in [0, 0.05) is 22.6 Å². The van der Waals surface area contributed by atoms with Crippen LogP contribution in [-0.4, -0.2) is 37.1 Å². The highest BCUT2D eigenvalue weighted by molar-refractivity contribution is 6.49. The average molecular weight is 448 g/mol. The van der Waals surface area contributed by atoms with Crippen LogP contribution in [0.2, 0.25) is 0 Å². The molecule has 5 atom stereocenters. The average Bonchev–Trinajstić information content (AvgIpc) is 2.66. The minimum atomic E-state index is -1.04. The largest absolute Gasteiger partial charge is 0.126 e. The highest BCUT2D eigenvalue weighted by Gasteiger charge is 2.82. The SMILES string of the molecule is ClC[C@@]1(C(Cl)Cl)C2[C@H](Cl)[C@@H](Cl)C1(C(Cl)Cl)[C@H](Cl)[C@H]2Cl. The van der Waals surface area contributed by atoms with E-state index < -0.39 is 42.0 Å². The smallest absolute Gasteiger partial charge is 0.117 e. The van der Waals surface area contributed by atoms with Crippen LogP contribution in [0.3, 0.4) is 0 Å². The second kappa shape index (κ2) is 5.91. The van der Waals surface area contributed by atoms with Crippen molar-refractivity contribution in [2.24, 2.45) is 16.7 Å². The van der Waals surface area contributed by atoms with Gasteiger partial charge < -0.3 is 0 Å². The van der Waals surface area contributed by atoms with E-state index in [-0.39, 0.29) is 11.8 Å². The maximum absolute atomic E-state index is 6.46. The summed E-state index contributed by atoms with van der Waals surface area (Å²) in [6.45, 7) is 0. The Labute approximate surface area is 157 Å². The molecular weight excluding hydrogens is 439 g/mol. The summed E-state index contributed by atoms with van der Waals surface area (Å²) in [5.41, 5.74) is -1.97. The van der Waals surface area contributed by atoms with Crippen LogP contribution in [0, 0.1) is 16.7 Å². The molecule has 2 aliphatic carbocycles. The first-order chi connectivity index (χ1) is 8.71. The predicted molar refractivity (Wildman–Crippen MR) is 88.6 cm³/mol.